The second-order valence-corrected chi connectivity index (χ2v) is 22.8. The minimum atomic E-state index is -1.22. The van der Waals surface area contributed by atoms with E-state index in [0.29, 0.717) is 35.8 Å². The molecule has 3 aromatic heterocycles. The highest BCUT2D eigenvalue weighted by molar-refractivity contribution is 6.76. The van der Waals surface area contributed by atoms with E-state index in [0.717, 1.165) is 28.2 Å². The monoisotopic (exact) mass is 608 g/mol. The van der Waals surface area contributed by atoms with Gasteiger partial charge in [-0.1, -0.05) is 46.5 Å². The summed E-state index contributed by atoms with van der Waals surface area (Å²) in [5.74, 6) is -0.183. The van der Waals surface area contributed by atoms with Crippen LogP contribution >= 0.6 is 0 Å². The summed E-state index contributed by atoms with van der Waals surface area (Å²) in [6, 6.07) is 7.43. The molecule has 0 bridgehead atoms. The molecular weight excluding hydrogens is 561 g/mol. The van der Waals surface area contributed by atoms with Crippen LogP contribution in [0.2, 0.25) is 30.7 Å². The lowest BCUT2D eigenvalue weighted by Gasteiger charge is -2.30. The summed E-state index contributed by atoms with van der Waals surface area (Å²) in [7, 11) is -0.0384. The van der Waals surface area contributed by atoms with Crippen molar-refractivity contribution in [1.82, 2.24) is 29.6 Å². The zero-order valence-electron chi connectivity index (χ0n) is 27.3. The number of hydrogen-bond acceptors (Lipinski definition) is 6. The topological polar surface area (TPSA) is 96.1 Å². The minimum Gasteiger partial charge on any atom is -0.415 e. The highest BCUT2D eigenvalue weighted by Gasteiger charge is 2.26. The van der Waals surface area contributed by atoms with Crippen molar-refractivity contribution in [1.29, 1.82) is 0 Å². The highest BCUT2D eigenvalue weighted by atomic mass is 28.3. The van der Waals surface area contributed by atoms with Crippen molar-refractivity contribution in [2.24, 2.45) is 7.05 Å². The number of carbonyl (C=O) groups excluding carboxylic acids is 1. The largest absolute Gasteiger partial charge is 0.415 e. The molecule has 0 radical (unpaired) electrons. The molecule has 4 aromatic rings. The van der Waals surface area contributed by atoms with Gasteiger partial charge in [-0.2, -0.15) is 5.10 Å². The predicted molar refractivity (Wildman–Crippen MR) is 176 cm³/mol. The van der Waals surface area contributed by atoms with Crippen LogP contribution in [0.3, 0.4) is 0 Å². The third-order valence-corrected chi connectivity index (χ3v) is 10.5. The number of nitrogens with zero attached hydrogens (tertiary/aromatic N) is 5. The Morgan fingerprint density at radius 3 is 2.50 bits per heavy atom. The van der Waals surface area contributed by atoms with Crippen LogP contribution in [-0.4, -0.2) is 60.7 Å². The highest BCUT2D eigenvalue weighted by Crippen LogP contribution is 2.34. The van der Waals surface area contributed by atoms with Crippen LogP contribution in [-0.2, 0) is 28.5 Å². The van der Waals surface area contributed by atoms with E-state index < -0.39 is 23.4 Å². The van der Waals surface area contributed by atoms with Gasteiger partial charge in [-0.15, -0.1) is 0 Å². The normalized spacial score (nSPS) is 13.3. The summed E-state index contributed by atoms with van der Waals surface area (Å²) in [4.78, 5) is 23.0. The zero-order chi connectivity index (χ0) is 31.0. The summed E-state index contributed by atoms with van der Waals surface area (Å²) in [5.41, 5.74) is 4.62. The molecule has 0 aliphatic carbocycles. The van der Waals surface area contributed by atoms with Crippen molar-refractivity contribution in [3.05, 3.63) is 41.7 Å². The van der Waals surface area contributed by atoms with Gasteiger partial charge in [-0.05, 0) is 56.5 Å². The first-order chi connectivity index (χ1) is 19.4. The average Bonchev–Trinajstić information content (AvgIpc) is 3.41. The molecule has 4 rings (SSSR count). The third kappa shape index (κ3) is 7.55. The molecule has 11 heteroatoms. The Labute approximate surface area is 253 Å². The van der Waals surface area contributed by atoms with E-state index in [1.165, 1.54) is 0 Å². The van der Waals surface area contributed by atoms with Crippen LogP contribution < -0.4 is 5.32 Å². The van der Waals surface area contributed by atoms with E-state index in [9.17, 15) is 4.79 Å². The summed E-state index contributed by atoms with van der Waals surface area (Å²) in [6.45, 7) is 22.8. The van der Waals surface area contributed by atoms with Crippen molar-refractivity contribution in [3.63, 3.8) is 0 Å². The molecule has 0 spiro atoms. The van der Waals surface area contributed by atoms with E-state index in [2.05, 4.69) is 77.8 Å². The Morgan fingerprint density at radius 1 is 1.14 bits per heavy atom. The van der Waals surface area contributed by atoms with Crippen molar-refractivity contribution in [2.45, 2.75) is 97.6 Å². The maximum Gasteiger partial charge on any atom is 0.255 e. The summed E-state index contributed by atoms with van der Waals surface area (Å²) in [5, 5.41) is 9.02. The maximum atomic E-state index is 13.2. The van der Waals surface area contributed by atoms with Crippen molar-refractivity contribution < 1.29 is 14.0 Å². The maximum absolute atomic E-state index is 13.2. The molecule has 3 heterocycles. The van der Waals surface area contributed by atoms with Gasteiger partial charge in [-0.3, -0.25) is 9.48 Å². The summed E-state index contributed by atoms with van der Waals surface area (Å²) < 4.78 is 16.3. The van der Waals surface area contributed by atoms with Gasteiger partial charge < -0.3 is 19.0 Å². The first kappa shape index (κ1) is 32.1. The number of carbonyl (C=O) groups is 1. The summed E-state index contributed by atoms with van der Waals surface area (Å²) >= 11 is 0. The number of benzene rings is 1. The third-order valence-electron chi connectivity index (χ3n) is 7.11. The SMILES string of the molecule is CC(C)NC(=O)c1cn(COCC[Si](C)(C)C)c2ncc(-c3nn(C)c4ccc(C(C)(C)O[SiH2]C(C)(C)C)cc34)nc12. The van der Waals surface area contributed by atoms with E-state index in [-0.39, 0.29) is 17.0 Å². The number of aryl methyl sites for hydroxylation is 1. The van der Waals surface area contributed by atoms with Gasteiger partial charge >= 0.3 is 0 Å². The fourth-order valence-electron chi connectivity index (χ4n) is 4.62. The molecule has 0 saturated heterocycles. The van der Waals surface area contributed by atoms with Gasteiger partial charge in [-0.25, -0.2) is 9.97 Å². The standard InChI is InChI=1S/C31H48N6O3Si2/c1-20(2)33-29(38)23-18-37(19-39-14-15-42(9,10)11)28-27(23)34-24(17-32-28)26-22-16-21(12-13-25(22)36(8)35-26)31(6,7)40-41-30(3,4)5/h12-13,16-18,20H,14-15,19,41H2,1-11H3,(H,33,38). The first-order valence-electron chi connectivity index (χ1n) is 14.8. The Balaban J connectivity index is 1.76. The molecule has 0 atom stereocenters. The van der Waals surface area contributed by atoms with Crippen LogP contribution in [0, 0.1) is 0 Å². The number of aromatic nitrogens is 5. The molecule has 1 amide bonds. The van der Waals surface area contributed by atoms with Crippen LogP contribution in [0.4, 0.5) is 0 Å². The number of nitrogens with one attached hydrogen (secondary N) is 1. The van der Waals surface area contributed by atoms with Gasteiger partial charge in [0.25, 0.3) is 5.91 Å². The van der Waals surface area contributed by atoms with E-state index in [1.54, 1.807) is 12.4 Å². The lowest BCUT2D eigenvalue weighted by Crippen LogP contribution is -2.30. The summed E-state index contributed by atoms with van der Waals surface area (Å²) in [6.07, 6.45) is 3.54. The molecule has 0 aliphatic heterocycles. The second kappa shape index (κ2) is 12.0. The van der Waals surface area contributed by atoms with Crippen molar-refractivity contribution in [2.75, 3.05) is 6.61 Å². The van der Waals surface area contributed by atoms with Gasteiger partial charge in [0.15, 0.2) is 15.4 Å². The second-order valence-electron chi connectivity index (χ2n) is 14.5. The minimum absolute atomic E-state index is 0.00916. The molecular formula is C31H48N6O3Si2. The quantitative estimate of drug-likeness (QED) is 0.166. The van der Waals surface area contributed by atoms with E-state index in [1.807, 2.05) is 30.1 Å². The fourth-order valence-corrected chi connectivity index (χ4v) is 6.34. The molecule has 1 aromatic carbocycles. The lowest BCUT2D eigenvalue weighted by molar-refractivity contribution is 0.0890. The lowest BCUT2D eigenvalue weighted by atomic mass is 9.96. The molecule has 228 valence electrons. The molecule has 1 N–H and O–H groups in total. The van der Waals surface area contributed by atoms with Gasteiger partial charge in [0.1, 0.15) is 23.6 Å². The number of rotatable bonds is 11. The Hall–Kier alpha value is -2.87. The van der Waals surface area contributed by atoms with Gasteiger partial charge in [0.2, 0.25) is 0 Å². The zero-order valence-corrected chi connectivity index (χ0v) is 29.7. The smallest absolute Gasteiger partial charge is 0.255 e. The first-order valence-corrected chi connectivity index (χ1v) is 19.8. The Kier molecular flexibility index (Phi) is 9.18. The number of amides is 1. The van der Waals surface area contributed by atoms with Crippen molar-refractivity contribution in [3.8, 4) is 11.4 Å². The van der Waals surface area contributed by atoms with E-state index >= 15 is 0 Å². The van der Waals surface area contributed by atoms with Crippen LogP contribution in [0.5, 0.6) is 0 Å². The molecule has 0 unspecified atom stereocenters. The average molecular weight is 609 g/mol. The molecule has 0 aliphatic rings. The molecule has 9 nitrogen and oxygen atoms in total. The van der Waals surface area contributed by atoms with Gasteiger partial charge in [0.05, 0.1) is 22.9 Å². The van der Waals surface area contributed by atoms with Crippen LogP contribution in [0.25, 0.3) is 33.5 Å². The Morgan fingerprint density at radius 2 is 1.86 bits per heavy atom. The molecule has 0 saturated carbocycles. The fraction of sp³-hybridized carbons (Fsp3) is 0.548. The van der Waals surface area contributed by atoms with Crippen LogP contribution in [0.1, 0.15) is 64.4 Å². The van der Waals surface area contributed by atoms with Gasteiger partial charge in [0, 0.05) is 39.4 Å². The number of hydrogen-bond donors (Lipinski definition) is 1. The Bertz CT molecular complexity index is 1580. The van der Waals surface area contributed by atoms with Crippen molar-refractivity contribution >= 4 is 45.8 Å². The number of fused-ring (bicyclic) bond motifs is 2. The number of ether oxygens (including phenoxy) is 1. The molecule has 42 heavy (non-hydrogen) atoms. The van der Waals surface area contributed by atoms with Crippen LogP contribution in [0.15, 0.2) is 30.6 Å². The van der Waals surface area contributed by atoms with E-state index in [4.69, 9.17) is 24.2 Å². The predicted octanol–water partition coefficient (Wildman–Crippen LogP) is 5.99. The molecule has 0 fully saturated rings.